The van der Waals surface area contributed by atoms with Crippen LogP contribution in [0.5, 0.6) is 0 Å². The molecule has 1 unspecified atom stereocenters. The molecule has 0 amide bonds. The average Bonchev–Trinajstić information content (AvgIpc) is 3.20. The van der Waals surface area contributed by atoms with E-state index in [2.05, 4.69) is 135 Å². The van der Waals surface area contributed by atoms with Gasteiger partial charge in [0.1, 0.15) is 0 Å². The summed E-state index contributed by atoms with van der Waals surface area (Å²) >= 11 is 0. The van der Waals surface area contributed by atoms with Crippen molar-refractivity contribution in [3.63, 3.8) is 0 Å². The molecule has 0 spiro atoms. The van der Waals surface area contributed by atoms with Crippen LogP contribution < -0.4 is 21.2 Å². The van der Waals surface area contributed by atoms with Gasteiger partial charge in [0, 0.05) is 0 Å². The Bertz CT molecular complexity index is 1790. The van der Waals surface area contributed by atoms with Gasteiger partial charge in [0.05, 0.1) is 23.3 Å². The SMILES string of the molecule is CCC(C)P(c1ccccc1)c1ccccc1.F[B-](F)(F)F.F[B-](F)(F)F.N#Cc1ccccc1.N#Cc1ccccc1.[Pd+2].c1ccc(Pc2ccccc2)cc1. The first-order chi connectivity index (χ1) is 26.6. The summed E-state index contributed by atoms with van der Waals surface area (Å²) in [5.41, 5.74) is 2.16. The molecular weight excluding hydrogens is 874 g/mol. The van der Waals surface area contributed by atoms with Crippen LogP contribution in [0.1, 0.15) is 31.4 Å². The molecule has 0 radical (unpaired) electrons. The van der Waals surface area contributed by atoms with Gasteiger partial charge in [0.15, 0.2) is 0 Å². The Hall–Kier alpha value is -4.61. The monoisotopic (exact) mass is 914 g/mol. The molecule has 6 rings (SSSR count). The molecule has 0 aliphatic rings. The Morgan fingerprint density at radius 3 is 0.912 bits per heavy atom. The van der Waals surface area contributed by atoms with Gasteiger partial charge in [-0.05, 0) is 65.5 Å². The Balaban J connectivity index is 0.000000699. The van der Waals surface area contributed by atoms with Gasteiger partial charge in [-0.3, -0.25) is 0 Å². The van der Waals surface area contributed by atoms with Gasteiger partial charge in [-0.25, -0.2) is 0 Å². The molecule has 6 aromatic rings. The van der Waals surface area contributed by atoms with E-state index < -0.39 is 14.5 Å². The van der Waals surface area contributed by atoms with Gasteiger partial charge in [-0.15, -0.1) is 0 Å². The first kappa shape index (κ1) is 52.4. The predicted octanol–water partition coefficient (Wildman–Crippen LogP) is 11.9. The molecule has 0 N–H and O–H groups in total. The van der Waals surface area contributed by atoms with E-state index in [-0.39, 0.29) is 28.3 Å². The van der Waals surface area contributed by atoms with Crippen LogP contribution >= 0.6 is 16.5 Å². The molecular formula is C42H40B2F8N2P2Pd. The molecule has 0 heterocycles. The molecule has 0 fully saturated rings. The van der Waals surface area contributed by atoms with Gasteiger partial charge in [-0.2, -0.15) is 10.5 Å². The maximum Gasteiger partial charge on any atom is 2.00 e. The summed E-state index contributed by atoms with van der Waals surface area (Å²) in [6, 6.07) is 65.3. The minimum Gasteiger partial charge on any atom is -0.418 e. The van der Waals surface area contributed by atoms with E-state index in [0.29, 0.717) is 11.1 Å². The standard InChI is InChI=1S/C16H19P.C12H11P.2C7H5N.2BF4.Pd/c1-3-14(2)17(15-10-6-4-7-11-15)16-12-8-5-9-13-16;1-3-7-11(8-4-1)13-12-9-5-2-6-10-12;2*8-6-7-4-2-1-3-5-7;2*2-1(3,4)5;/h4-14H,3H2,1-2H3;1-10,13H;2*1-5H;;;/q;;;;2*-1;+2. The quantitative estimate of drug-likeness (QED) is 0.0949. The fourth-order valence-electron chi connectivity index (χ4n) is 4.25. The number of hydrogen-bond acceptors (Lipinski definition) is 2. The molecule has 6 aromatic carbocycles. The van der Waals surface area contributed by atoms with E-state index in [0.717, 1.165) is 14.2 Å². The Kier molecular flexibility index (Phi) is 28.1. The molecule has 0 saturated heterocycles. The van der Waals surface area contributed by atoms with E-state index in [9.17, 15) is 34.5 Å². The predicted molar refractivity (Wildman–Crippen MR) is 222 cm³/mol. The molecule has 2 nitrogen and oxygen atoms in total. The molecule has 15 heteroatoms. The first-order valence-corrected chi connectivity index (χ1v) is 19.5. The number of benzene rings is 6. The van der Waals surface area contributed by atoms with Gasteiger partial charge < -0.3 is 34.5 Å². The third-order valence-electron chi connectivity index (χ3n) is 6.74. The van der Waals surface area contributed by atoms with E-state index in [1.807, 2.05) is 48.5 Å². The maximum atomic E-state index is 9.75. The van der Waals surface area contributed by atoms with E-state index in [4.69, 9.17) is 10.5 Å². The van der Waals surface area contributed by atoms with Gasteiger partial charge >= 0.3 is 34.9 Å². The number of nitriles is 2. The third-order valence-corrected chi connectivity index (χ3v) is 10.9. The van der Waals surface area contributed by atoms with Gasteiger partial charge in [-0.1, -0.05) is 180 Å². The second kappa shape index (κ2) is 30.5. The smallest absolute Gasteiger partial charge is 0.418 e. The second-order valence-corrected chi connectivity index (χ2v) is 15.2. The fourth-order valence-corrected chi connectivity index (χ4v) is 7.97. The number of nitrogens with zero attached hydrogens (tertiary/aromatic N) is 2. The summed E-state index contributed by atoms with van der Waals surface area (Å²) in [7, 11) is -11.4. The molecule has 0 aliphatic carbocycles. The fraction of sp³-hybridized carbons (Fsp3) is 0.0952. The van der Waals surface area contributed by atoms with Gasteiger partial charge in [0.2, 0.25) is 0 Å². The van der Waals surface area contributed by atoms with Crippen molar-refractivity contribution in [1.82, 2.24) is 0 Å². The molecule has 0 bridgehead atoms. The zero-order valence-corrected chi connectivity index (χ0v) is 34.4. The van der Waals surface area contributed by atoms with Crippen molar-refractivity contribution in [3.8, 4) is 12.1 Å². The van der Waals surface area contributed by atoms with E-state index >= 15 is 0 Å². The summed E-state index contributed by atoms with van der Waals surface area (Å²) in [5, 5.41) is 22.3. The van der Waals surface area contributed by atoms with Crippen molar-refractivity contribution < 1.29 is 54.9 Å². The summed E-state index contributed by atoms with van der Waals surface area (Å²) in [4.78, 5) is 0. The zero-order chi connectivity index (χ0) is 41.7. The summed E-state index contributed by atoms with van der Waals surface area (Å²) in [6.07, 6.45) is 1.23. The Labute approximate surface area is 347 Å². The topological polar surface area (TPSA) is 47.6 Å². The van der Waals surface area contributed by atoms with Crippen LogP contribution in [-0.4, -0.2) is 20.2 Å². The van der Waals surface area contributed by atoms with Crippen LogP contribution in [0.15, 0.2) is 182 Å². The molecule has 1 atom stereocenters. The van der Waals surface area contributed by atoms with E-state index in [1.54, 1.807) is 24.3 Å². The number of halogens is 8. The maximum absolute atomic E-state index is 9.75. The van der Waals surface area contributed by atoms with Crippen molar-refractivity contribution in [3.05, 3.63) is 193 Å². The number of rotatable bonds is 6. The third kappa shape index (κ3) is 29.3. The number of hydrogen-bond donors (Lipinski definition) is 0. The normalized spacial score (nSPS) is 10.3. The van der Waals surface area contributed by atoms with E-state index in [1.165, 1.54) is 27.6 Å². The molecule has 300 valence electrons. The van der Waals surface area contributed by atoms with Crippen LogP contribution in [0.3, 0.4) is 0 Å². The minimum absolute atomic E-state index is 0. The summed E-state index contributed by atoms with van der Waals surface area (Å²) in [6.45, 7) is 4.65. The van der Waals surface area contributed by atoms with Crippen molar-refractivity contribution in [2.24, 2.45) is 0 Å². The largest absolute Gasteiger partial charge is 2.00 e. The molecule has 0 aromatic heterocycles. The minimum atomic E-state index is -6.00. The molecule has 0 aliphatic heterocycles. The van der Waals surface area contributed by atoms with Crippen molar-refractivity contribution in [2.45, 2.75) is 25.9 Å². The van der Waals surface area contributed by atoms with Crippen LogP contribution in [-0.2, 0) is 20.4 Å². The van der Waals surface area contributed by atoms with Crippen LogP contribution in [0.25, 0.3) is 0 Å². The average molecular weight is 915 g/mol. The Morgan fingerprint density at radius 1 is 0.474 bits per heavy atom. The van der Waals surface area contributed by atoms with Crippen molar-refractivity contribution in [1.29, 1.82) is 10.5 Å². The summed E-state index contributed by atoms with van der Waals surface area (Å²) in [5.74, 6) is 0. The van der Waals surface area contributed by atoms with Crippen molar-refractivity contribution in [2.75, 3.05) is 0 Å². The molecule has 57 heavy (non-hydrogen) atoms. The first-order valence-electron chi connectivity index (χ1n) is 17.1. The summed E-state index contributed by atoms with van der Waals surface area (Å²) < 4.78 is 78.0. The van der Waals surface area contributed by atoms with Crippen LogP contribution in [0.2, 0.25) is 0 Å². The second-order valence-electron chi connectivity index (χ2n) is 11.1. The van der Waals surface area contributed by atoms with Crippen molar-refractivity contribution >= 4 is 52.2 Å². The molecule has 0 saturated carbocycles. The Morgan fingerprint density at radius 2 is 0.702 bits per heavy atom. The van der Waals surface area contributed by atoms with Gasteiger partial charge in [0.25, 0.3) is 0 Å². The zero-order valence-electron chi connectivity index (χ0n) is 30.9. The van der Waals surface area contributed by atoms with Crippen LogP contribution in [0.4, 0.5) is 34.5 Å². The van der Waals surface area contributed by atoms with Crippen LogP contribution in [0, 0.1) is 22.7 Å².